The van der Waals surface area contributed by atoms with Crippen molar-refractivity contribution in [1.29, 1.82) is 0 Å². The summed E-state index contributed by atoms with van der Waals surface area (Å²) in [6.07, 6.45) is 0. The first kappa shape index (κ1) is 18.3. The van der Waals surface area contributed by atoms with Crippen LogP contribution in [0.15, 0.2) is 72.8 Å². The van der Waals surface area contributed by atoms with Crippen LogP contribution in [0.3, 0.4) is 0 Å². The Kier molecular flexibility index (Phi) is 6.12. The topological polar surface area (TPSA) is 47.6 Å². The third-order valence-corrected chi connectivity index (χ3v) is 4.62. The number of ether oxygens (including phenoxy) is 2. The molecule has 0 atom stereocenters. The Morgan fingerprint density at radius 1 is 1.00 bits per heavy atom. The summed E-state index contributed by atoms with van der Waals surface area (Å²) in [7, 11) is 1.61. The average Bonchev–Trinajstić information content (AvgIpc) is 2.68. The van der Waals surface area contributed by atoms with E-state index < -0.39 is 0 Å². The number of amides is 1. The Morgan fingerprint density at radius 2 is 1.73 bits per heavy atom. The standard InChI is InChI=1S/C21H18INO3/c1-25-20-12-7-16(13-19(20)22)21(24)23-17-8-10-18(11-9-17)26-14-15-5-3-2-4-6-15/h2-13H,14H2,1H3,(H,23,24). The molecule has 0 aliphatic carbocycles. The zero-order valence-electron chi connectivity index (χ0n) is 14.2. The van der Waals surface area contributed by atoms with Crippen molar-refractivity contribution in [3.8, 4) is 11.5 Å². The summed E-state index contributed by atoms with van der Waals surface area (Å²) >= 11 is 2.15. The highest BCUT2D eigenvalue weighted by Gasteiger charge is 2.09. The van der Waals surface area contributed by atoms with Crippen molar-refractivity contribution < 1.29 is 14.3 Å². The Labute approximate surface area is 166 Å². The van der Waals surface area contributed by atoms with E-state index in [0.29, 0.717) is 17.9 Å². The third-order valence-electron chi connectivity index (χ3n) is 3.77. The normalized spacial score (nSPS) is 10.2. The number of carbonyl (C=O) groups excluding carboxylic acids is 1. The van der Waals surface area contributed by atoms with Crippen molar-refractivity contribution in [2.45, 2.75) is 6.61 Å². The highest BCUT2D eigenvalue weighted by atomic mass is 127. The van der Waals surface area contributed by atoms with E-state index in [0.717, 1.165) is 20.6 Å². The van der Waals surface area contributed by atoms with Crippen LogP contribution in [-0.4, -0.2) is 13.0 Å². The number of benzene rings is 3. The lowest BCUT2D eigenvalue weighted by atomic mass is 10.2. The van der Waals surface area contributed by atoms with E-state index in [4.69, 9.17) is 9.47 Å². The van der Waals surface area contributed by atoms with Crippen LogP contribution in [0.4, 0.5) is 5.69 Å². The van der Waals surface area contributed by atoms with E-state index in [1.54, 1.807) is 25.3 Å². The number of hydrogen-bond donors (Lipinski definition) is 1. The summed E-state index contributed by atoms with van der Waals surface area (Å²) in [5, 5.41) is 2.89. The third kappa shape index (κ3) is 4.76. The summed E-state index contributed by atoms with van der Waals surface area (Å²) in [5.74, 6) is 1.34. The number of hydrogen-bond acceptors (Lipinski definition) is 3. The number of halogens is 1. The molecule has 0 bridgehead atoms. The molecule has 4 nitrogen and oxygen atoms in total. The molecule has 0 aromatic heterocycles. The summed E-state index contributed by atoms with van der Waals surface area (Å²) < 4.78 is 11.9. The monoisotopic (exact) mass is 459 g/mol. The van der Waals surface area contributed by atoms with Gasteiger partial charge in [-0.2, -0.15) is 0 Å². The quantitative estimate of drug-likeness (QED) is 0.520. The number of anilines is 1. The predicted octanol–water partition coefficient (Wildman–Crippen LogP) is 5.13. The first-order valence-corrected chi connectivity index (χ1v) is 9.15. The molecule has 3 aromatic rings. The average molecular weight is 459 g/mol. The van der Waals surface area contributed by atoms with Crippen molar-refractivity contribution in [2.24, 2.45) is 0 Å². The molecule has 0 radical (unpaired) electrons. The molecule has 0 saturated heterocycles. The van der Waals surface area contributed by atoms with Crippen LogP contribution in [0.5, 0.6) is 11.5 Å². The van der Waals surface area contributed by atoms with Gasteiger partial charge in [0.05, 0.1) is 10.7 Å². The van der Waals surface area contributed by atoms with Crippen LogP contribution in [0.25, 0.3) is 0 Å². The van der Waals surface area contributed by atoms with Gasteiger partial charge in [-0.15, -0.1) is 0 Å². The lowest BCUT2D eigenvalue weighted by molar-refractivity contribution is 0.102. The molecule has 132 valence electrons. The van der Waals surface area contributed by atoms with E-state index in [-0.39, 0.29) is 5.91 Å². The van der Waals surface area contributed by atoms with Crippen molar-refractivity contribution in [3.63, 3.8) is 0 Å². The van der Waals surface area contributed by atoms with Gasteiger partial charge in [0.25, 0.3) is 5.91 Å². The molecule has 1 amide bonds. The molecule has 0 aliphatic heterocycles. The van der Waals surface area contributed by atoms with Gasteiger partial charge in [0, 0.05) is 11.3 Å². The maximum absolute atomic E-state index is 12.4. The van der Waals surface area contributed by atoms with Gasteiger partial charge >= 0.3 is 0 Å². The van der Waals surface area contributed by atoms with E-state index in [1.165, 1.54) is 0 Å². The molecule has 0 unspecified atom stereocenters. The Balaban J connectivity index is 1.60. The second kappa shape index (κ2) is 8.71. The Bertz CT molecular complexity index is 880. The molecule has 5 heteroatoms. The first-order chi connectivity index (χ1) is 12.7. The van der Waals surface area contributed by atoms with Crippen molar-refractivity contribution in [3.05, 3.63) is 87.5 Å². The fraction of sp³-hybridized carbons (Fsp3) is 0.0952. The van der Waals surface area contributed by atoms with Gasteiger partial charge in [0.2, 0.25) is 0 Å². The summed E-state index contributed by atoms with van der Waals surface area (Å²) in [6.45, 7) is 0.511. The molecule has 3 aromatic carbocycles. The lowest BCUT2D eigenvalue weighted by Crippen LogP contribution is -2.12. The summed E-state index contributed by atoms with van der Waals surface area (Å²) in [4.78, 5) is 12.4. The number of nitrogens with one attached hydrogen (secondary N) is 1. The molecule has 0 saturated carbocycles. The van der Waals surface area contributed by atoms with Crippen molar-refractivity contribution in [1.82, 2.24) is 0 Å². The van der Waals surface area contributed by atoms with Crippen LogP contribution in [0, 0.1) is 3.57 Å². The van der Waals surface area contributed by atoms with E-state index in [9.17, 15) is 4.79 Å². The minimum atomic E-state index is -0.163. The summed E-state index contributed by atoms with van der Waals surface area (Å²) in [5.41, 5.74) is 2.41. The number of methoxy groups -OCH3 is 1. The highest BCUT2D eigenvalue weighted by Crippen LogP contribution is 2.23. The van der Waals surface area contributed by atoms with Crippen LogP contribution >= 0.6 is 22.6 Å². The van der Waals surface area contributed by atoms with Gasteiger partial charge < -0.3 is 14.8 Å². The van der Waals surface area contributed by atoms with Gasteiger partial charge in [-0.05, 0) is 70.6 Å². The molecule has 0 spiro atoms. The van der Waals surface area contributed by atoms with Crippen LogP contribution < -0.4 is 14.8 Å². The number of carbonyl (C=O) groups is 1. The van der Waals surface area contributed by atoms with Gasteiger partial charge in [-0.3, -0.25) is 4.79 Å². The Hall–Kier alpha value is -2.54. The molecule has 0 aliphatic rings. The fourth-order valence-corrected chi connectivity index (χ4v) is 3.12. The maximum atomic E-state index is 12.4. The molecular weight excluding hydrogens is 441 g/mol. The Morgan fingerprint density at radius 3 is 2.38 bits per heavy atom. The largest absolute Gasteiger partial charge is 0.496 e. The maximum Gasteiger partial charge on any atom is 0.255 e. The first-order valence-electron chi connectivity index (χ1n) is 8.07. The lowest BCUT2D eigenvalue weighted by Gasteiger charge is -2.09. The zero-order chi connectivity index (χ0) is 18.4. The second-order valence-electron chi connectivity index (χ2n) is 5.60. The highest BCUT2D eigenvalue weighted by molar-refractivity contribution is 14.1. The van der Waals surface area contributed by atoms with E-state index in [1.807, 2.05) is 54.6 Å². The molecular formula is C21H18INO3. The fourth-order valence-electron chi connectivity index (χ4n) is 2.39. The molecule has 3 rings (SSSR count). The van der Waals surface area contributed by atoms with E-state index in [2.05, 4.69) is 27.9 Å². The molecule has 0 fully saturated rings. The molecule has 0 heterocycles. The van der Waals surface area contributed by atoms with Crippen LogP contribution in [0.2, 0.25) is 0 Å². The smallest absolute Gasteiger partial charge is 0.255 e. The second-order valence-corrected chi connectivity index (χ2v) is 6.76. The van der Waals surface area contributed by atoms with Gasteiger partial charge in [0.15, 0.2) is 0 Å². The summed E-state index contributed by atoms with van der Waals surface area (Å²) in [6, 6.07) is 22.7. The van der Waals surface area contributed by atoms with Gasteiger partial charge in [0.1, 0.15) is 18.1 Å². The number of rotatable bonds is 6. The molecule has 1 N–H and O–H groups in total. The zero-order valence-corrected chi connectivity index (χ0v) is 16.4. The van der Waals surface area contributed by atoms with Crippen molar-refractivity contribution >= 4 is 34.2 Å². The van der Waals surface area contributed by atoms with E-state index >= 15 is 0 Å². The minimum Gasteiger partial charge on any atom is -0.496 e. The van der Waals surface area contributed by atoms with Crippen LogP contribution in [-0.2, 0) is 6.61 Å². The minimum absolute atomic E-state index is 0.163. The van der Waals surface area contributed by atoms with Crippen LogP contribution in [0.1, 0.15) is 15.9 Å². The predicted molar refractivity (Wildman–Crippen MR) is 111 cm³/mol. The van der Waals surface area contributed by atoms with Gasteiger partial charge in [-0.1, -0.05) is 30.3 Å². The SMILES string of the molecule is COc1ccc(C(=O)Nc2ccc(OCc3ccccc3)cc2)cc1I. The molecule has 26 heavy (non-hydrogen) atoms. The van der Waals surface area contributed by atoms with Gasteiger partial charge in [-0.25, -0.2) is 0 Å². The van der Waals surface area contributed by atoms with Crippen molar-refractivity contribution in [2.75, 3.05) is 12.4 Å².